The minimum absolute atomic E-state index is 0.637. The molecular weight excluding hydrogens is 214 g/mol. The summed E-state index contributed by atoms with van der Waals surface area (Å²) in [6, 6.07) is 8.54. The van der Waals surface area contributed by atoms with Gasteiger partial charge in [0.05, 0.1) is 0 Å². The monoisotopic (exact) mass is 231 g/mol. The van der Waals surface area contributed by atoms with Crippen LogP contribution in [0.15, 0.2) is 30.3 Å². The van der Waals surface area contributed by atoms with Crippen molar-refractivity contribution in [3.8, 4) is 12.3 Å². The van der Waals surface area contributed by atoms with Crippen LogP contribution in [0.3, 0.4) is 0 Å². The van der Waals surface area contributed by atoms with E-state index in [0.29, 0.717) is 6.54 Å². The molecule has 0 bridgehead atoms. The Morgan fingerprint density at radius 3 is 2.65 bits per heavy atom. The molecule has 0 aliphatic heterocycles. The Balaban J connectivity index is 2.46. The predicted octanol–water partition coefficient (Wildman–Crippen LogP) is 2.21. The van der Waals surface area contributed by atoms with Crippen molar-refractivity contribution in [2.24, 2.45) is 0 Å². The van der Waals surface area contributed by atoms with Gasteiger partial charge in [0.2, 0.25) is 0 Å². The van der Waals surface area contributed by atoms with Crippen molar-refractivity contribution in [1.29, 1.82) is 0 Å². The van der Waals surface area contributed by atoms with E-state index in [0.717, 1.165) is 24.8 Å². The fraction of sp³-hybridized carbons (Fsp3) is 0.357. The molecule has 0 aromatic heterocycles. The summed E-state index contributed by atoms with van der Waals surface area (Å²) in [6.45, 7) is 0.660. The van der Waals surface area contributed by atoms with Gasteiger partial charge in [-0.1, -0.05) is 30.3 Å². The summed E-state index contributed by atoms with van der Waals surface area (Å²) in [5.41, 5.74) is 0.775. The van der Waals surface area contributed by atoms with Gasteiger partial charge in [0.15, 0.2) is 0 Å². The van der Waals surface area contributed by atoms with Crippen molar-refractivity contribution in [3.63, 3.8) is 0 Å². The van der Waals surface area contributed by atoms with E-state index in [1.165, 1.54) is 0 Å². The highest BCUT2D eigenvalue weighted by molar-refractivity contribution is 5.75. The maximum Gasteiger partial charge on any atom is 0.325 e. The lowest BCUT2D eigenvalue weighted by Crippen LogP contribution is -2.29. The second-order valence-corrected chi connectivity index (χ2v) is 3.80. The minimum atomic E-state index is -0.854. The Morgan fingerprint density at radius 2 is 2.06 bits per heavy atom. The molecule has 17 heavy (non-hydrogen) atoms. The third kappa shape index (κ3) is 4.71. The van der Waals surface area contributed by atoms with E-state index in [9.17, 15) is 4.79 Å². The summed E-state index contributed by atoms with van der Waals surface area (Å²) in [4.78, 5) is 11.1. The first kappa shape index (κ1) is 13.3. The lowest BCUT2D eigenvalue weighted by molar-refractivity contribution is -0.139. The van der Waals surface area contributed by atoms with Crippen molar-refractivity contribution < 1.29 is 9.90 Å². The molecule has 0 spiro atoms. The zero-order valence-electron chi connectivity index (χ0n) is 9.73. The lowest BCUT2D eigenvalue weighted by Gasteiger charge is -2.14. The number of aliphatic carboxylic acids is 1. The molecule has 0 aliphatic carbocycles. The molecule has 2 N–H and O–H groups in total. The summed E-state index contributed by atoms with van der Waals surface area (Å²) < 4.78 is 0. The summed E-state index contributed by atoms with van der Waals surface area (Å²) in [7, 11) is 0. The van der Waals surface area contributed by atoms with Crippen molar-refractivity contribution in [1.82, 2.24) is 5.32 Å². The van der Waals surface area contributed by atoms with E-state index in [1.807, 2.05) is 30.3 Å². The molecule has 3 heteroatoms. The quantitative estimate of drug-likeness (QED) is 0.558. The van der Waals surface area contributed by atoms with Crippen LogP contribution in [-0.2, 0) is 4.79 Å². The fourth-order valence-corrected chi connectivity index (χ4v) is 1.59. The van der Waals surface area contributed by atoms with Crippen molar-refractivity contribution in [3.05, 3.63) is 35.9 Å². The summed E-state index contributed by atoms with van der Waals surface area (Å²) in [5.74, 6) is 1.71. The number of hydrogen-bond donors (Lipinski definition) is 2. The SMILES string of the molecule is C#CCCCCNC(C(=O)O)c1ccccc1. The van der Waals surface area contributed by atoms with Gasteiger partial charge in [0, 0.05) is 6.42 Å². The number of carboxylic acid groups (broad SMARTS) is 1. The molecular formula is C14H17NO2. The van der Waals surface area contributed by atoms with Crippen LogP contribution in [-0.4, -0.2) is 17.6 Å². The molecule has 0 radical (unpaired) electrons. The lowest BCUT2D eigenvalue weighted by atomic mass is 10.1. The Hall–Kier alpha value is -1.79. The van der Waals surface area contributed by atoms with Crippen LogP contribution in [0.1, 0.15) is 30.9 Å². The van der Waals surface area contributed by atoms with Crippen LogP contribution in [0.4, 0.5) is 0 Å². The van der Waals surface area contributed by atoms with Crippen LogP contribution in [0.25, 0.3) is 0 Å². The highest BCUT2D eigenvalue weighted by Crippen LogP contribution is 2.12. The van der Waals surface area contributed by atoms with E-state index >= 15 is 0 Å². The molecule has 0 saturated carbocycles. The largest absolute Gasteiger partial charge is 0.480 e. The Bertz CT molecular complexity index is 381. The number of unbranched alkanes of at least 4 members (excludes halogenated alkanes) is 2. The Morgan fingerprint density at radius 1 is 1.35 bits per heavy atom. The van der Waals surface area contributed by atoms with E-state index in [2.05, 4.69) is 11.2 Å². The van der Waals surface area contributed by atoms with Gasteiger partial charge in [-0.05, 0) is 24.9 Å². The normalized spacial score (nSPS) is 11.7. The number of hydrogen-bond acceptors (Lipinski definition) is 2. The third-order valence-corrected chi connectivity index (χ3v) is 2.48. The maximum absolute atomic E-state index is 11.1. The molecule has 1 rings (SSSR count). The molecule has 1 atom stereocenters. The van der Waals surface area contributed by atoms with E-state index in [1.54, 1.807) is 0 Å². The van der Waals surface area contributed by atoms with Gasteiger partial charge in [-0.2, -0.15) is 0 Å². The first-order chi connectivity index (χ1) is 8.25. The number of rotatable bonds is 7. The summed E-state index contributed by atoms with van der Waals surface area (Å²) >= 11 is 0. The van der Waals surface area contributed by atoms with E-state index in [-0.39, 0.29) is 0 Å². The smallest absolute Gasteiger partial charge is 0.325 e. The molecule has 1 aromatic rings. The maximum atomic E-state index is 11.1. The molecule has 0 saturated heterocycles. The first-order valence-corrected chi connectivity index (χ1v) is 5.70. The topological polar surface area (TPSA) is 49.3 Å². The molecule has 1 unspecified atom stereocenters. The summed E-state index contributed by atoms with van der Waals surface area (Å²) in [5, 5.41) is 12.2. The second-order valence-electron chi connectivity index (χ2n) is 3.80. The average molecular weight is 231 g/mol. The van der Waals surface area contributed by atoms with Crippen LogP contribution in [0.5, 0.6) is 0 Å². The van der Waals surface area contributed by atoms with Crippen LogP contribution in [0.2, 0.25) is 0 Å². The number of carbonyl (C=O) groups is 1. The third-order valence-electron chi connectivity index (χ3n) is 2.48. The molecule has 90 valence electrons. The summed E-state index contributed by atoms with van der Waals surface area (Å²) in [6.07, 6.45) is 7.70. The predicted molar refractivity (Wildman–Crippen MR) is 67.5 cm³/mol. The molecule has 1 aromatic carbocycles. The van der Waals surface area contributed by atoms with Gasteiger partial charge in [-0.25, -0.2) is 0 Å². The van der Waals surface area contributed by atoms with Gasteiger partial charge in [-0.15, -0.1) is 12.3 Å². The van der Waals surface area contributed by atoms with Gasteiger partial charge >= 0.3 is 5.97 Å². The van der Waals surface area contributed by atoms with E-state index < -0.39 is 12.0 Å². The van der Waals surface area contributed by atoms with Crippen LogP contribution < -0.4 is 5.32 Å². The van der Waals surface area contributed by atoms with Gasteiger partial charge < -0.3 is 10.4 Å². The van der Waals surface area contributed by atoms with Gasteiger partial charge in [0.1, 0.15) is 6.04 Å². The van der Waals surface area contributed by atoms with Crippen LogP contribution in [0, 0.1) is 12.3 Å². The first-order valence-electron chi connectivity index (χ1n) is 5.70. The molecule has 0 amide bonds. The second kappa shape index (κ2) is 7.48. The Labute approximate surface area is 102 Å². The molecule has 3 nitrogen and oxygen atoms in total. The molecule has 0 aliphatic rings. The van der Waals surface area contributed by atoms with Gasteiger partial charge in [0.25, 0.3) is 0 Å². The number of carboxylic acids is 1. The van der Waals surface area contributed by atoms with Crippen molar-refractivity contribution in [2.75, 3.05) is 6.54 Å². The van der Waals surface area contributed by atoms with E-state index in [4.69, 9.17) is 11.5 Å². The van der Waals surface area contributed by atoms with Gasteiger partial charge in [-0.3, -0.25) is 4.79 Å². The van der Waals surface area contributed by atoms with Crippen molar-refractivity contribution >= 4 is 5.97 Å². The molecule has 0 fully saturated rings. The minimum Gasteiger partial charge on any atom is -0.480 e. The standard InChI is InChI=1S/C14H17NO2/c1-2-3-4-8-11-15-13(14(16)17)12-9-6-5-7-10-12/h1,5-7,9-10,13,15H,3-4,8,11H2,(H,16,17). The van der Waals surface area contributed by atoms with Crippen LogP contribution >= 0.6 is 0 Å². The Kier molecular flexibility index (Phi) is 5.84. The highest BCUT2D eigenvalue weighted by atomic mass is 16.4. The van der Waals surface area contributed by atoms with Crippen molar-refractivity contribution in [2.45, 2.75) is 25.3 Å². The fourth-order valence-electron chi connectivity index (χ4n) is 1.59. The number of benzene rings is 1. The molecule has 0 heterocycles. The zero-order valence-corrected chi connectivity index (χ0v) is 9.73. The number of nitrogens with one attached hydrogen (secondary N) is 1. The zero-order chi connectivity index (χ0) is 12.5. The highest BCUT2D eigenvalue weighted by Gasteiger charge is 2.17. The average Bonchev–Trinajstić information content (AvgIpc) is 2.34. The number of terminal acetylenes is 1.